The van der Waals surface area contributed by atoms with Crippen LogP contribution in [0.25, 0.3) is 0 Å². The fourth-order valence-corrected chi connectivity index (χ4v) is 2.66. The van der Waals surface area contributed by atoms with Gasteiger partial charge in [0, 0.05) is 12.7 Å². The van der Waals surface area contributed by atoms with E-state index in [1.165, 1.54) is 11.3 Å². The van der Waals surface area contributed by atoms with Gasteiger partial charge in [0.1, 0.15) is 5.51 Å². The fraction of sp³-hybridized carbons (Fsp3) is 0.250. The summed E-state index contributed by atoms with van der Waals surface area (Å²) < 4.78 is 0. The highest BCUT2D eigenvalue weighted by atomic mass is 32.1. The predicted molar refractivity (Wildman–Crippen MR) is 70.7 cm³/mol. The zero-order valence-electron chi connectivity index (χ0n) is 9.83. The van der Waals surface area contributed by atoms with Crippen molar-refractivity contribution in [3.05, 3.63) is 35.3 Å². The minimum Gasteiger partial charge on any atom is -0.353 e. The fourth-order valence-electron chi connectivity index (χ4n) is 2.16. The highest BCUT2D eigenvalue weighted by Crippen LogP contribution is 2.35. The molecule has 0 saturated heterocycles. The van der Waals surface area contributed by atoms with E-state index in [2.05, 4.69) is 15.5 Å². The molecule has 1 aromatic heterocycles. The van der Waals surface area contributed by atoms with E-state index in [4.69, 9.17) is 0 Å². The molecule has 0 saturated carbocycles. The third-order valence-electron chi connectivity index (χ3n) is 3.08. The highest BCUT2D eigenvalue weighted by molar-refractivity contribution is 7.13. The standard InChI is InChI=1S/C12H12N4OS/c1-16-10-5-3-2-4-8(10)9(6-11(16)17)14-12-15-13-7-18-12/h2-5,7,9H,6H2,1H3,(H,14,15). The lowest BCUT2D eigenvalue weighted by atomic mass is 9.96. The normalized spacial score (nSPS) is 18.6. The van der Waals surface area contributed by atoms with Crippen molar-refractivity contribution >= 4 is 28.1 Å². The number of aromatic nitrogens is 2. The molecule has 5 nitrogen and oxygen atoms in total. The number of nitrogens with zero attached hydrogens (tertiary/aromatic N) is 3. The monoisotopic (exact) mass is 260 g/mol. The van der Waals surface area contributed by atoms with Gasteiger partial charge in [0.15, 0.2) is 0 Å². The zero-order valence-corrected chi connectivity index (χ0v) is 10.6. The molecule has 0 spiro atoms. The summed E-state index contributed by atoms with van der Waals surface area (Å²) in [5, 5.41) is 11.8. The summed E-state index contributed by atoms with van der Waals surface area (Å²) >= 11 is 1.44. The SMILES string of the molecule is CN1C(=O)CC(Nc2nncs2)c2ccccc21. The van der Waals surface area contributed by atoms with Gasteiger partial charge < -0.3 is 10.2 Å². The molecule has 2 heterocycles. The third-order valence-corrected chi connectivity index (χ3v) is 3.71. The van der Waals surface area contributed by atoms with Gasteiger partial charge in [-0.05, 0) is 11.6 Å². The summed E-state index contributed by atoms with van der Waals surface area (Å²) in [5.41, 5.74) is 3.75. The first kappa shape index (κ1) is 11.2. The van der Waals surface area contributed by atoms with Crippen molar-refractivity contribution in [1.29, 1.82) is 0 Å². The molecule has 0 bridgehead atoms. The molecular formula is C12H12N4OS. The molecule has 1 unspecified atom stereocenters. The first-order valence-electron chi connectivity index (χ1n) is 5.64. The number of carbonyl (C=O) groups excluding carboxylic acids is 1. The Morgan fingerprint density at radius 3 is 3.06 bits per heavy atom. The Labute approximate surface area is 108 Å². The molecular weight excluding hydrogens is 248 g/mol. The summed E-state index contributed by atoms with van der Waals surface area (Å²) in [6, 6.07) is 7.89. The Kier molecular flexibility index (Phi) is 2.71. The van der Waals surface area contributed by atoms with Gasteiger partial charge in [0.25, 0.3) is 0 Å². The Morgan fingerprint density at radius 2 is 2.28 bits per heavy atom. The number of carbonyl (C=O) groups is 1. The average molecular weight is 260 g/mol. The molecule has 92 valence electrons. The number of hydrogen-bond donors (Lipinski definition) is 1. The van der Waals surface area contributed by atoms with E-state index in [-0.39, 0.29) is 11.9 Å². The highest BCUT2D eigenvalue weighted by Gasteiger charge is 2.29. The smallest absolute Gasteiger partial charge is 0.229 e. The van der Waals surface area contributed by atoms with Gasteiger partial charge in [-0.2, -0.15) is 0 Å². The molecule has 0 aliphatic carbocycles. The van der Waals surface area contributed by atoms with E-state index in [1.807, 2.05) is 31.3 Å². The van der Waals surface area contributed by atoms with Gasteiger partial charge in [-0.15, -0.1) is 10.2 Å². The average Bonchev–Trinajstić information content (AvgIpc) is 2.89. The predicted octanol–water partition coefficient (Wildman–Crippen LogP) is 2.06. The third kappa shape index (κ3) is 1.84. The zero-order chi connectivity index (χ0) is 12.5. The van der Waals surface area contributed by atoms with Crippen LogP contribution in [0.4, 0.5) is 10.8 Å². The molecule has 18 heavy (non-hydrogen) atoms. The number of anilines is 2. The number of hydrogen-bond acceptors (Lipinski definition) is 5. The van der Waals surface area contributed by atoms with Gasteiger partial charge >= 0.3 is 0 Å². The van der Waals surface area contributed by atoms with E-state index >= 15 is 0 Å². The summed E-state index contributed by atoms with van der Waals surface area (Å²) in [6.07, 6.45) is 0.438. The molecule has 1 aliphatic heterocycles. The Balaban J connectivity index is 1.96. The first-order chi connectivity index (χ1) is 8.75. The summed E-state index contributed by atoms with van der Waals surface area (Å²) in [7, 11) is 1.81. The van der Waals surface area contributed by atoms with Gasteiger partial charge in [0.2, 0.25) is 11.0 Å². The quantitative estimate of drug-likeness (QED) is 0.898. The molecule has 0 radical (unpaired) electrons. The van der Waals surface area contributed by atoms with E-state index < -0.39 is 0 Å². The molecule has 3 rings (SSSR count). The Hall–Kier alpha value is -1.95. The Morgan fingerprint density at radius 1 is 1.44 bits per heavy atom. The maximum absolute atomic E-state index is 11.9. The van der Waals surface area contributed by atoms with Crippen LogP contribution in [0.2, 0.25) is 0 Å². The van der Waals surface area contributed by atoms with Crippen molar-refractivity contribution in [1.82, 2.24) is 10.2 Å². The molecule has 2 aromatic rings. The van der Waals surface area contributed by atoms with E-state index in [9.17, 15) is 4.79 Å². The van der Waals surface area contributed by atoms with Crippen LogP contribution < -0.4 is 10.2 Å². The second-order valence-corrected chi connectivity index (χ2v) is 4.99. The number of amides is 1. The molecule has 1 aromatic carbocycles. The van der Waals surface area contributed by atoms with Crippen molar-refractivity contribution in [2.24, 2.45) is 0 Å². The number of fused-ring (bicyclic) bond motifs is 1. The second kappa shape index (κ2) is 4.38. The largest absolute Gasteiger partial charge is 0.353 e. The second-order valence-electron chi connectivity index (χ2n) is 4.16. The molecule has 1 atom stereocenters. The molecule has 0 fully saturated rings. The van der Waals surface area contributed by atoms with Crippen molar-refractivity contribution in [3.8, 4) is 0 Å². The van der Waals surface area contributed by atoms with E-state index in [1.54, 1.807) is 10.4 Å². The number of para-hydroxylation sites is 1. The van der Waals surface area contributed by atoms with Crippen LogP contribution in [-0.4, -0.2) is 23.2 Å². The molecule has 1 amide bonds. The van der Waals surface area contributed by atoms with Crippen LogP contribution in [0.15, 0.2) is 29.8 Å². The maximum Gasteiger partial charge on any atom is 0.229 e. The Bertz CT molecular complexity index is 569. The van der Waals surface area contributed by atoms with Crippen LogP contribution >= 0.6 is 11.3 Å². The van der Waals surface area contributed by atoms with Crippen molar-refractivity contribution in [2.75, 3.05) is 17.3 Å². The van der Waals surface area contributed by atoms with Crippen LogP contribution in [0.5, 0.6) is 0 Å². The minimum absolute atomic E-state index is 0.0298. The van der Waals surface area contributed by atoms with Gasteiger partial charge in [-0.3, -0.25) is 4.79 Å². The van der Waals surface area contributed by atoms with Crippen molar-refractivity contribution in [2.45, 2.75) is 12.5 Å². The molecule has 1 aliphatic rings. The van der Waals surface area contributed by atoms with Gasteiger partial charge in [0.05, 0.1) is 12.5 Å². The number of nitrogens with one attached hydrogen (secondary N) is 1. The minimum atomic E-state index is -0.0298. The lowest BCUT2D eigenvalue weighted by Crippen LogP contribution is -2.35. The molecule has 6 heteroatoms. The van der Waals surface area contributed by atoms with E-state index in [0.717, 1.165) is 16.4 Å². The number of benzene rings is 1. The summed E-state index contributed by atoms with van der Waals surface area (Å²) in [5.74, 6) is 0.107. The lowest BCUT2D eigenvalue weighted by molar-refractivity contribution is -0.118. The number of rotatable bonds is 2. The molecule has 1 N–H and O–H groups in total. The lowest BCUT2D eigenvalue weighted by Gasteiger charge is -2.31. The van der Waals surface area contributed by atoms with E-state index in [0.29, 0.717) is 6.42 Å². The summed E-state index contributed by atoms with van der Waals surface area (Å²) in [4.78, 5) is 13.7. The van der Waals surface area contributed by atoms with Gasteiger partial charge in [-0.25, -0.2) is 0 Å². The van der Waals surface area contributed by atoms with Crippen molar-refractivity contribution in [3.63, 3.8) is 0 Å². The van der Waals surface area contributed by atoms with Crippen LogP contribution in [-0.2, 0) is 4.79 Å². The van der Waals surface area contributed by atoms with Gasteiger partial charge in [-0.1, -0.05) is 29.5 Å². The maximum atomic E-state index is 11.9. The van der Waals surface area contributed by atoms with Crippen LogP contribution in [0, 0.1) is 0 Å². The van der Waals surface area contributed by atoms with Crippen LogP contribution in [0.3, 0.4) is 0 Å². The van der Waals surface area contributed by atoms with Crippen LogP contribution in [0.1, 0.15) is 18.0 Å². The topological polar surface area (TPSA) is 58.1 Å². The first-order valence-corrected chi connectivity index (χ1v) is 6.52. The van der Waals surface area contributed by atoms with Crippen molar-refractivity contribution < 1.29 is 4.79 Å². The summed E-state index contributed by atoms with van der Waals surface area (Å²) in [6.45, 7) is 0.